The van der Waals surface area contributed by atoms with E-state index in [0.29, 0.717) is 6.61 Å². The maximum atomic E-state index is 5.77. The van der Waals surface area contributed by atoms with Crippen LogP contribution >= 0.6 is 0 Å². The maximum Gasteiger partial charge on any atom is 0.163 e. The average Bonchev–Trinajstić information content (AvgIpc) is 2.46. The van der Waals surface area contributed by atoms with E-state index in [1.165, 1.54) is 11.1 Å². The Hall–Kier alpha value is -0.860. The van der Waals surface area contributed by atoms with Gasteiger partial charge in [0.25, 0.3) is 0 Å². The van der Waals surface area contributed by atoms with E-state index in [0.717, 1.165) is 0 Å². The molecule has 2 rings (SSSR count). The van der Waals surface area contributed by atoms with E-state index in [-0.39, 0.29) is 6.10 Å². The van der Waals surface area contributed by atoms with Gasteiger partial charge in [0.15, 0.2) is 5.79 Å². The molecule has 14 heavy (non-hydrogen) atoms. The topological polar surface area (TPSA) is 18.5 Å². The van der Waals surface area contributed by atoms with Crippen LogP contribution in [0.25, 0.3) is 0 Å². The summed E-state index contributed by atoms with van der Waals surface area (Å²) in [5.74, 6) is -0.436. The highest BCUT2D eigenvalue weighted by Crippen LogP contribution is 2.32. The van der Waals surface area contributed by atoms with E-state index >= 15 is 0 Å². The molecule has 0 radical (unpaired) electrons. The molecule has 0 aromatic heterocycles. The van der Waals surface area contributed by atoms with E-state index in [9.17, 15) is 0 Å². The molecule has 0 aliphatic carbocycles. The second-order valence-electron chi connectivity index (χ2n) is 4.23. The summed E-state index contributed by atoms with van der Waals surface area (Å²) in [6.07, 6.45) is 0.0879. The second-order valence-corrected chi connectivity index (χ2v) is 4.23. The van der Waals surface area contributed by atoms with Gasteiger partial charge < -0.3 is 9.47 Å². The summed E-state index contributed by atoms with van der Waals surface area (Å²) in [5.41, 5.74) is 2.46. The standard InChI is InChI=1S/C12H16O2/c1-9-5-4-6-10(7-9)11-8-13-12(2,3)14-11/h4-7,11H,8H2,1-3H3. The molecule has 1 saturated heterocycles. The fourth-order valence-electron chi connectivity index (χ4n) is 1.72. The molecular formula is C12H16O2. The lowest BCUT2D eigenvalue weighted by molar-refractivity contribution is -0.139. The lowest BCUT2D eigenvalue weighted by Crippen LogP contribution is -2.19. The smallest absolute Gasteiger partial charge is 0.163 e. The van der Waals surface area contributed by atoms with Crippen LogP contribution in [0.15, 0.2) is 24.3 Å². The first-order valence-corrected chi connectivity index (χ1v) is 4.95. The Balaban J connectivity index is 2.17. The summed E-state index contributed by atoms with van der Waals surface area (Å²) in [6.45, 7) is 6.63. The van der Waals surface area contributed by atoms with Crippen LogP contribution in [-0.2, 0) is 9.47 Å². The molecule has 2 nitrogen and oxygen atoms in total. The SMILES string of the molecule is Cc1cccc(C2COC(C)(C)O2)c1. The third kappa shape index (κ3) is 1.97. The Bertz CT molecular complexity index is 331. The van der Waals surface area contributed by atoms with Crippen molar-refractivity contribution in [1.29, 1.82) is 0 Å². The molecule has 1 aromatic carbocycles. The van der Waals surface area contributed by atoms with E-state index in [1.54, 1.807) is 0 Å². The van der Waals surface area contributed by atoms with E-state index < -0.39 is 5.79 Å². The van der Waals surface area contributed by atoms with Crippen LogP contribution in [-0.4, -0.2) is 12.4 Å². The maximum absolute atomic E-state index is 5.77. The lowest BCUT2D eigenvalue weighted by atomic mass is 10.1. The quantitative estimate of drug-likeness (QED) is 0.681. The minimum atomic E-state index is -0.436. The summed E-state index contributed by atoms with van der Waals surface area (Å²) in [7, 11) is 0. The molecule has 2 heteroatoms. The van der Waals surface area contributed by atoms with Gasteiger partial charge in [0.05, 0.1) is 6.61 Å². The molecule has 1 heterocycles. The fourth-order valence-corrected chi connectivity index (χ4v) is 1.72. The highest BCUT2D eigenvalue weighted by molar-refractivity contribution is 5.24. The number of ether oxygens (including phenoxy) is 2. The molecule has 0 amide bonds. The minimum Gasteiger partial charge on any atom is -0.347 e. The van der Waals surface area contributed by atoms with E-state index in [2.05, 4.69) is 31.2 Å². The molecule has 0 spiro atoms. The molecule has 76 valence electrons. The Kier molecular flexibility index (Phi) is 2.33. The van der Waals surface area contributed by atoms with Gasteiger partial charge in [-0.3, -0.25) is 0 Å². The van der Waals surface area contributed by atoms with Gasteiger partial charge in [-0.1, -0.05) is 29.8 Å². The molecular weight excluding hydrogens is 176 g/mol. The lowest BCUT2D eigenvalue weighted by Gasteiger charge is -2.17. The van der Waals surface area contributed by atoms with Gasteiger partial charge in [-0.05, 0) is 26.3 Å². The Morgan fingerprint density at radius 1 is 1.36 bits per heavy atom. The number of rotatable bonds is 1. The summed E-state index contributed by atoms with van der Waals surface area (Å²) < 4.78 is 11.3. The zero-order valence-electron chi connectivity index (χ0n) is 8.91. The number of benzene rings is 1. The minimum absolute atomic E-state index is 0.0879. The van der Waals surface area contributed by atoms with Gasteiger partial charge in [-0.15, -0.1) is 0 Å². The predicted octanol–water partition coefficient (Wildman–Crippen LogP) is 2.82. The van der Waals surface area contributed by atoms with Gasteiger partial charge in [-0.2, -0.15) is 0 Å². The molecule has 1 fully saturated rings. The van der Waals surface area contributed by atoms with Crippen LogP contribution in [0, 0.1) is 6.92 Å². The average molecular weight is 192 g/mol. The summed E-state index contributed by atoms with van der Waals surface area (Å²) in [4.78, 5) is 0. The first kappa shape index (κ1) is 9.69. The highest BCUT2D eigenvalue weighted by atomic mass is 16.7. The Morgan fingerprint density at radius 2 is 2.14 bits per heavy atom. The van der Waals surface area contributed by atoms with Crippen molar-refractivity contribution in [1.82, 2.24) is 0 Å². The molecule has 0 bridgehead atoms. The third-order valence-corrected chi connectivity index (χ3v) is 2.42. The van der Waals surface area contributed by atoms with Crippen LogP contribution < -0.4 is 0 Å². The van der Waals surface area contributed by atoms with Crippen molar-refractivity contribution in [3.05, 3.63) is 35.4 Å². The van der Waals surface area contributed by atoms with Crippen LogP contribution in [0.2, 0.25) is 0 Å². The molecule has 1 atom stereocenters. The number of aryl methyl sites for hydroxylation is 1. The first-order chi connectivity index (χ1) is 6.57. The second kappa shape index (κ2) is 3.37. The monoisotopic (exact) mass is 192 g/mol. The predicted molar refractivity (Wildman–Crippen MR) is 55.0 cm³/mol. The van der Waals surface area contributed by atoms with Crippen molar-refractivity contribution in [3.8, 4) is 0 Å². The van der Waals surface area contributed by atoms with Gasteiger partial charge >= 0.3 is 0 Å². The van der Waals surface area contributed by atoms with E-state index in [4.69, 9.17) is 9.47 Å². The van der Waals surface area contributed by atoms with Gasteiger partial charge in [0.1, 0.15) is 6.10 Å². The van der Waals surface area contributed by atoms with Crippen molar-refractivity contribution in [2.75, 3.05) is 6.61 Å². The number of hydrogen-bond acceptors (Lipinski definition) is 2. The molecule has 1 unspecified atom stereocenters. The Labute approximate surface area is 84.8 Å². The van der Waals surface area contributed by atoms with Crippen LogP contribution in [0.5, 0.6) is 0 Å². The normalized spacial score (nSPS) is 25.2. The van der Waals surface area contributed by atoms with Gasteiger partial charge in [-0.25, -0.2) is 0 Å². The summed E-state index contributed by atoms with van der Waals surface area (Å²) in [6, 6.07) is 8.38. The fraction of sp³-hybridized carbons (Fsp3) is 0.500. The highest BCUT2D eigenvalue weighted by Gasteiger charge is 2.33. The van der Waals surface area contributed by atoms with Crippen LogP contribution in [0.1, 0.15) is 31.1 Å². The zero-order valence-corrected chi connectivity index (χ0v) is 8.91. The number of hydrogen-bond donors (Lipinski definition) is 0. The molecule has 1 aliphatic heterocycles. The third-order valence-electron chi connectivity index (χ3n) is 2.42. The van der Waals surface area contributed by atoms with Crippen molar-refractivity contribution in [3.63, 3.8) is 0 Å². The summed E-state index contributed by atoms with van der Waals surface area (Å²) >= 11 is 0. The molecule has 0 N–H and O–H groups in total. The molecule has 1 aromatic rings. The van der Waals surface area contributed by atoms with Crippen molar-refractivity contribution in [2.45, 2.75) is 32.7 Å². The first-order valence-electron chi connectivity index (χ1n) is 4.95. The van der Waals surface area contributed by atoms with Crippen molar-refractivity contribution < 1.29 is 9.47 Å². The van der Waals surface area contributed by atoms with Crippen molar-refractivity contribution in [2.24, 2.45) is 0 Å². The van der Waals surface area contributed by atoms with Gasteiger partial charge in [0.2, 0.25) is 0 Å². The van der Waals surface area contributed by atoms with E-state index in [1.807, 2.05) is 13.8 Å². The van der Waals surface area contributed by atoms with Gasteiger partial charge in [0, 0.05) is 0 Å². The Morgan fingerprint density at radius 3 is 2.71 bits per heavy atom. The molecule has 0 saturated carbocycles. The molecule has 1 aliphatic rings. The summed E-state index contributed by atoms with van der Waals surface area (Å²) in [5, 5.41) is 0. The van der Waals surface area contributed by atoms with Crippen LogP contribution in [0.4, 0.5) is 0 Å². The van der Waals surface area contributed by atoms with Crippen molar-refractivity contribution >= 4 is 0 Å². The van der Waals surface area contributed by atoms with Crippen LogP contribution in [0.3, 0.4) is 0 Å². The largest absolute Gasteiger partial charge is 0.347 e. The zero-order chi connectivity index (χ0) is 10.2.